The van der Waals surface area contributed by atoms with Crippen LogP contribution in [0.25, 0.3) is 0 Å². The van der Waals surface area contributed by atoms with E-state index in [0.717, 1.165) is 17.8 Å². The maximum atomic E-state index is 13.0. The molecule has 0 spiro atoms. The van der Waals surface area contributed by atoms with E-state index < -0.39 is 11.7 Å². The first-order chi connectivity index (χ1) is 12.8. The molecule has 4 nitrogen and oxygen atoms in total. The van der Waals surface area contributed by atoms with Gasteiger partial charge >= 0.3 is 6.18 Å². The zero-order valence-corrected chi connectivity index (χ0v) is 14.5. The fraction of sp³-hybridized carbons (Fsp3) is 0.316. The summed E-state index contributed by atoms with van der Waals surface area (Å²) in [5.74, 6) is -0.645. The Bertz CT molecular complexity index is 784. The maximum absolute atomic E-state index is 13.0. The van der Waals surface area contributed by atoms with Crippen molar-refractivity contribution in [2.45, 2.75) is 6.18 Å². The van der Waals surface area contributed by atoms with Crippen LogP contribution in [0.15, 0.2) is 48.5 Å². The molecule has 0 aliphatic carbocycles. The molecule has 0 saturated carbocycles. The minimum atomic E-state index is -4.45. The van der Waals surface area contributed by atoms with E-state index in [2.05, 4.69) is 10.2 Å². The van der Waals surface area contributed by atoms with Crippen LogP contribution in [0.3, 0.4) is 0 Å². The number of nitrogens with zero attached hydrogens (tertiary/aromatic N) is 2. The van der Waals surface area contributed by atoms with Gasteiger partial charge < -0.3 is 10.2 Å². The van der Waals surface area contributed by atoms with E-state index in [9.17, 15) is 22.4 Å². The standard InChI is InChI=1S/C19H19F4N3O/c20-15-4-6-17(7-5-15)26-10-8-25(9-11-26)13-18(27)24-16-3-1-2-14(12-16)19(21,22)23/h1-7,12H,8-11,13H2,(H,24,27). The summed E-state index contributed by atoms with van der Waals surface area (Å²) in [7, 11) is 0. The van der Waals surface area contributed by atoms with Gasteiger partial charge in [0.1, 0.15) is 5.82 Å². The second kappa shape index (κ2) is 7.96. The second-order valence-electron chi connectivity index (χ2n) is 6.37. The van der Waals surface area contributed by atoms with Crippen molar-refractivity contribution in [3.05, 3.63) is 59.9 Å². The van der Waals surface area contributed by atoms with Gasteiger partial charge in [-0.3, -0.25) is 9.69 Å². The first-order valence-electron chi connectivity index (χ1n) is 8.51. The molecule has 144 valence electrons. The van der Waals surface area contributed by atoms with Crippen molar-refractivity contribution in [3.8, 4) is 0 Å². The van der Waals surface area contributed by atoms with E-state index >= 15 is 0 Å². The van der Waals surface area contributed by atoms with Crippen molar-refractivity contribution >= 4 is 17.3 Å². The number of halogens is 4. The molecule has 8 heteroatoms. The summed E-state index contributed by atoms with van der Waals surface area (Å²) >= 11 is 0. The molecule has 0 bridgehead atoms. The first-order valence-corrected chi connectivity index (χ1v) is 8.51. The van der Waals surface area contributed by atoms with Crippen LogP contribution in [-0.4, -0.2) is 43.5 Å². The Morgan fingerprint density at radius 3 is 2.30 bits per heavy atom. The highest BCUT2D eigenvalue weighted by Crippen LogP contribution is 2.30. The van der Waals surface area contributed by atoms with Gasteiger partial charge in [0.05, 0.1) is 12.1 Å². The van der Waals surface area contributed by atoms with Crippen molar-refractivity contribution < 1.29 is 22.4 Å². The number of piperazine rings is 1. The Hall–Kier alpha value is -2.61. The Balaban J connectivity index is 1.50. The normalized spacial score (nSPS) is 15.6. The zero-order valence-electron chi connectivity index (χ0n) is 14.5. The number of nitrogens with one attached hydrogen (secondary N) is 1. The molecule has 1 saturated heterocycles. The first kappa shape index (κ1) is 19.2. The van der Waals surface area contributed by atoms with Crippen LogP contribution in [0.2, 0.25) is 0 Å². The molecule has 0 radical (unpaired) electrons. The number of hydrogen-bond donors (Lipinski definition) is 1. The van der Waals surface area contributed by atoms with Crippen molar-refractivity contribution in [2.24, 2.45) is 0 Å². The van der Waals surface area contributed by atoms with Gasteiger partial charge in [0.25, 0.3) is 0 Å². The maximum Gasteiger partial charge on any atom is 0.416 e. The lowest BCUT2D eigenvalue weighted by Gasteiger charge is -2.35. The largest absolute Gasteiger partial charge is 0.416 e. The lowest BCUT2D eigenvalue weighted by atomic mass is 10.2. The molecule has 3 rings (SSSR count). The average molecular weight is 381 g/mol. The predicted octanol–water partition coefficient (Wildman–Crippen LogP) is 3.61. The third-order valence-electron chi connectivity index (χ3n) is 4.40. The van der Waals surface area contributed by atoms with Crippen molar-refractivity contribution in [1.82, 2.24) is 4.90 Å². The monoisotopic (exact) mass is 381 g/mol. The van der Waals surface area contributed by atoms with Gasteiger partial charge in [-0.25, -0.2) is 4.39 Å². The lowest BCUT2D eigenvalue weighted by Crippen LogP contribution is -2.48. The van der Waals surface area contributed by atoms with Gasteiger partial charge in [-0.05, 0) is 42.5 Å². The summed E-state index contributed by atoms with van der Waals surface area (Å²) < 4.78 is 51.2. The van der Waals surface area contributed by atoms with Crippen LogP contribution in [-0.2, 0) is 11.0 Å². The number of rotatable bonds is 4. The SMILES string of the molecule is O=C(CN1CCN(c2ccc(F)cc2)CC1)Nc1cccc(C(F)(F)F)c1. The average Bonchev–Trinajstić information content (AvgIpc) is 2.62. The van der Waals surface area contributed by atoms with Gasteiger partial charge in [-0.15, -0.1) is 0 Å². The molecule has 1 fully saturated rings. The van der Waals surface area contributed by atoms with Crippen molar-refractivity contribution in [1.29, 1.82) is 0 Å². The molecular formula is C19H19F4N3O. The lowest BCUT2D eigenvalue weighted by molar-refractivity contribution is -0.137. The molecular weight excluding hydrogens is 362 g/mol. The number of carbonyl (C=O) groups excluding carboxylic acids is 1. The van der Waals surface area contributed by atoms with E-state index in [1.165, 1.54) is 24.3 Å². The van der Waals surface area contributed by atoms with Crippen LogP contribution in [0.5, 0.6) is 0 Å². The number of anilines is 2. The van der Waals surface area contributed by atoms with Crippen LogP contribution in [0.4, 0.5) is 28.9 Å². The van der Waals surface area contributed by atoms with Gasteiger partial charge in [0, 0.05) is 37.6 Å². The highest BCUT2D eigenvalue weighted by atomic mass is 19.4. The molecule has 2 aromatic carbocycles. The highest BCUT2D eigenvalue weighted by molar-refractivity contribution is 5.92. The smallest absolute Gasteiger partial charge is 0.369 e. The molecule has 1 aliphatic heterocycles. The van der Waals surface area contributed by atoms with E-state index in [-0.39, 0.29) is 24.0 Å². The van der Waals surface area contributed by atoms with Gasteiger partial charge in [0.15, 0.2) is 0 Å². The quantitative estimate of drug-likeness (QED) is 0.822. The van der Waals surface area contributed by atoms with E-state index in [4.69, 9.17) is 0 Å². The number of alkyl halides is 3. The topological polar surface area (TPSA) is 35.6 Å². The molecule has 2 aromatic rings. The third-order valence-corrected chi connectivity index (χ3v) is 4.40. The molecule has 0 atom stereocenters. The summed E-state index contributed by atoms with van der Waals surface area (Å²) in [5.41, 5.74) is 0.248. The Labute approximate surface area is 154 Å². The third kappa shape index (κ3) is 5.19. The van der Waals surface area contributed by atoms with E-state index in [1.807, 2.05) is 4.90 Å². The molecule has 0 unspecified atom stereocenters. The molecule has 1 heterocycles. The highest BCUT2D eigenvalue weighted by Gasteiger charge is 2.30. The molecule has 1 amide bonds. The van der Waals surface area contributed by atoms with E-state index in [0.29, 0.717) is 26.2 Å². The minimum absolute atomic E-state index is 0.105. The molecule has 0 aromatic heterocycles. The molecule has 27 heavy (non-hydrogen) atoms. The summed E-state index contributed by atoms with van der Waals surface area (Å²) in [6, 6.07) is 10.8. The van der Waals surface area contributed by atoms with Crippen LogP contribution < -0.4 is 10.2 Å². The Morgan fingerprint density at radius 1 is 1.00 bits per heavy atom. The number of benzene rings is 2. The van der Waals surface area contributed by atoms with Crippen molar-refractivity contribution in [2.75, 3.05) is 42.9 Å². The number of amides is 1. The number of hydrogen-bond acceptors (Lipinski definition) is 3. The summed E-state index contributed by atoms with van der Waals surface area (Å²) in [4.78, 5) is 16.2. The van der Waals surface area contributed by atoms with Gasteiger partial charge in [-0.1, -0.05) is 6.07 Å². The molecule has 1 aliphatic rings. The van der Waals surface area contributed by atoms with Gasteiger partial charge in [0.2, 0.25) is 5.91 Å². The Morgan fingerprint density at radius 2 is 1.67 bits per heavy atom. The fourth-order valence-electron chi connectivity index (χ4n) is 2.99. The number of carbonyl (C=O) groups is 1. The van der Waals surface area contributed by atoms with Crippen molar-refractivity contribution in [3.63, 3.8) is 0 Å². The Kier molecular flexibility index (Phi) is 5.65. The fourth-order valence-corrected chi connectivity index (χ4v) is 2.99. The van der Waals surface area contributed by atoms with Crippen LogP contribution in [0.1, 0.15) is 5.56 Å². The summed E-state index contributed by atoms with van der Waals surface area (Å²) in [6.07, 6.45) is -4.45. The minimum Gasteiger partial charge on any atom is -0.369 e. The van der Waals surface area contributed by atoms with Gasteiger partial charge in [-0.2, -0.15) is 13.2 Å². The predicted molar refractivity (Wildman–Crippen MR) is 95.1 cm³/mol. The van der Waals surface area contributed by atoms with Crippen LogP contribution in [0, 0.1) is 5.82 Å². The zero-order chi connectivity index (χ0) is 19.4. The molecule has 1 N–H and O–H groups in total. The summed E-state index contributed by atoms with van der Waals surface area (Å²) in [6.45, 7) is 2.74. The van der Waals surface area contributed by atoms with E-state index in [1.54, 1.807) is 12.1 Å². The second-order valence-corrected chi connectivity index (χ2v) is 6.37. The summed E-state index contributed by atoms with van der Waals surface area (Å²) in [5, 5.41) is 2.51. The van der Waals surface area contributed by atoms with Crippen LogP contribution >= 0.6 is 0 Å².